The van der Waals surface area contributed by atoms with Crippen LogP contribution in [0.15, 0.2) is 36.4 Å². The molecule has 0 bridgehead atoms. The minimum absolute atomic E-state index is 0.00749. The molecule has 11 atom stereocenters. The molecule has 2 fully saturated rings. The minimum Gasteiger partial charge on any atom is -0.393 e. The molecule has 3 amide bonds. The lowest BCUT2D eigenvalue weighted by molar-refractivity contribution is -0.141. The molecule has 6 rings (SSSR count). The van der Waals surface area contributed by atoms with E-state index >= 15 is 0 Å². The van der Waals surface area contributed by atoms with E-state index in [0.717, 1.165) is 5.56 Å². The van der Waals surface area contributed by atoms with Gasteiger partial charge in [0.05, 0.1) is 47.9 Å². The van der Waals surface area contributed by atoms with Crippen molar-refractivity contribution in [2.75, 3.05) is 34.9 Å². The van der Waals surface area contributed by atoms with Crippen molar-refractivity contribution in [3.8, 4) is 11.4 Å². The topological polar surface area (TPSA) is 210 Å². The van der Waals surface area contributed by atoms with Gasteiger partial charge in [0, 0.05) is 54.5 Å². The summed E-state index contributed by atoms with van der Waals surface area (Å²) >= 11 is 0. The number of aliphatic hydroxyl groups is 2. The Labute approximate surface area is 360 Å². The second kappa shape index (κ2) is 19.7. The molecule has 0 radical (unpaired) electrons. The van der Waals surface area contributed by atoms with Crippen LogP contribution in [0.1, 0.15) is 58.1 Å². The summed E-state index contributed by atoms with van der Waals surface area (Å²) in [5.74, 6) is -3.52. The summed E-state index contributed by atoms with van der Waals surface area (Å²) in [4.78, 5) is 63.3. The number of aromatic amines is 2. The molecule has 15 nitrogen and oxygen atoms in total. The fraction of sp³-hybridized carbons (Fsp3) is 0.556. The number of nitrogens with one attached hydrogen (secondary N) is 6. The highest BCUT2D eigenvalue weighted by molar-refractivity contribution is 5.97. The molecule has 2 aromatic heterocycles. The van der Waals surface area contributed by atoms with Crippen molar-refractivity contribution < 1.29 is 47.6 Å². The standard InChI is InChI=1S/C45H61F2N7O8/c1-21(48-5)43(58)52-38(23(3)61-7)42(57)33-19-29(55)13-25(33)14-34-31-11-9-26(46)15-36(31)50-40(34)41-35(32-12-10-27(47)16-37(32)51-41)18-28-17-30(56)20-54(28)45(60)39(24(4)62-8)53-44(59)22(2)49-6/h9-12,15-16,21-25,28-30,33,38-39,48-51,55-56H,13-14,17-20H2,1-8H3,(H,52,58)(H,53,59). The normalized spacial score (nSPS) is 23.3. The molecule has 3 heterocycles. The van der Waals surface area contributed by atoms with Crippen molar-refractivity contribution >= 4 is 45.3 Å². The van der Waals surface area contributed by atoms with Crippen LogP contribution >= 0.6 is 0 Å². The second-order valence-electron chi connectivity index (χ2n) is 17.0. The average molecular weight is 866 g/mol. The number of rotatable bonds is 18. The fourth-order valence-electron chi connectivity index (χ4n) is 9.13. The van der Waals surface area contributed by atoms with Gasteiger partial charge in [0.2, 0.25) is 17.7 Å². The number of aliphatic hydroxyl groups excluding tert-OH is 2. The maximum atomic E-state index is 14.9. The van der Waals surface area contributed by atoms with Gasteiger partial charge in [-0.15, -0.1) is 0 Å². The number of likely N-dealkylation sites (N-methyl/N-ethyl adjacent to an activating group) is 2. The van der Waals surface area contributed by atoms with E-state index in [4.69, 9.17) is 9.47 Å². The van der Waals surface area contributed by atoms with Gasteiger partial charge in [0.25, 0.3) is 0 Å². The molecule has 0 spiro atoms. The molecule has 4 aromatic rings. The number of halogens is 2. The van der Waals surface area contributed by atoms with Gasteiger partial charge in [0.15, 0.2) is 5.78 Å². The highest BCUT2D eigenvalue weighted by atomic mass is 19.1. The molecule has 17 heteroatoms. The van der Waals surface area contributed by atoms with Gasteiger partial charge < -0.3 is 55.8 Å². The fourth-order valence-corrected chi connectivity index (χ4v) is 9.13. The molecule has 8 N–H and O–H groups in total. The average Bonchev–Trinajstić information content (AvgIpc) is 4.02. The van der Waals surface area contributed by atoms with E-state index < -0.39 is 89.9 Å². The third-order valence-corrected chi connectivity index (χ3v) is 13.1. The lowest BCUT2D eigenvalue weighted by Crippen LogP contribution is -2.58. The Kier molecular flexibility index (Phi) is 14.9. The SMILES string of the molecule is CNC(C)C(=O)NC(C(=O)C1CC(O)CC1Cc1c(-c2[nH]c3cc(F)ccc3c2CC2CC(O)CN2C(=O)C(NC(=O)C(C)NC)C(C)OC)[nH]c2cc(F)ccc12)C(C)OC. The summed E-state index contributed by atoms with van der Waals surface area (Å²) in [5.41, 5.74) is 3.46. The molecular weight excluding hydrogens is 805 g/mol. The smallest absolute Gasteiger partial charge is 0.248 e. The summed E-state index contributed by atoms with van der Waals surface area (Å²) < 4.78 is 40.9. The van der Waals surface area contributed by atoms with Crippen LogP contribution in [-0.4, -0.2) is 138 Å². The van der Waals surface area contributed by atoms with Crippen LogP contribution in [0.4, 0.5) is 8.78 Å². The highest BCUT2D eigenvalue weighted by Gasteiger charge is 2.44. The zero-order chi connectivity index (χ0) is 45.2. The van der Waals surface area contributed by atoms with Crippen molar-refractivity contribution in [2.45, 2.75) is 114 Å². The number of hydrogen-bond donors (Lipinski definition) is 8. The quantitative estimate of drug-likeness (QED) is 0.0734. The first-order valence-corrected chi connectivity index (χ1v) is 21.3. The van der Waals surface area contributed by atoms with Gasteiger partial charge in [-0.3, -0.25) is 19.2 Å². The molecule has 62 heavy (non-hydrogen) atoms. The predicted octanol–water partition coefficient (Wildman–Crippen LogP) is 2.85. The maximum absolute atomic E-state index is 14.9. The Bertz CT molecular complexity index is 2110. The first kappa shape index (κ1) is 46.7. The van der Waals surface area contributed by atoms with Crippen LogP contribution in [0, 0.1) is 23.5 Å². The van der Waals surface area contributed by atoms with Crippen molar-refractivity contribution in [1.29, 1.82) is 0 Å². The zero-order valence-electron chi connectivity index (χ0n) is 36.6. The number of amides is 3. The monoisotopic (exact) mass is 865 g/mol. The highest BCUT2D eigenvalue weighted by Crippen LogP contribution is 2.43. The number of methoxy groups -OCH3 is 2. The van der Waals surface area contributed by atoms with E-state index in [9.17, 15) is 38.2 Å². The van der Waals surface area contributed by atoms with Crippen LogP contribution in [0.2, 0.25) is 0 Å². The molecular formula is C45H61F2N7O8. The number of H-pyrrole nitrogens is 2. The molecule has 1 saturated carbocycles. The van der Waals surface area contributed by atoms with Gasteiger partial charge in [0.1, 0.15) is 23.7 Å². The number of likely N-dealkylation sites (tertiary alicyclic amines) is 1. The van der Waals surface area contributed by atoms with E-state index in [-0.39, 0.29) is 50.3 Å². The van der Waals surface area contributed by atoms with Gasteiger partial charge in [-0.25, -0.2) is 8.78 Å². The van der Waals surface area contributed by atoms with E-state index in [2.05, 4.69) is 31.2 Å². The molecule has 1 aliphatic heterocycles. The molecule has 11 unspecified atom stereocenters. The summed E-state index contributed by atoms with van der Waals surface area (Å²) in [6.07, 6.45) is -1.91. The summed E-state index contributed by atoms with van der Waals surface area (Å²) in [7, 11) is 6.19. The van der Waals surface area contributed by atoms with E-state index in [1.807, 2.05) is 0 Å². The Morgan fingerprint density at radius 1 is 0.742 bits per heavy atom. The maximum Gasteiger partial charge on any atom is 0.248 e. The third kappa shape index (κ3) is 9.72. The van der Waals surface area contributed by atoms with Crippen LogP contribution < -0.4 is 21.3 Å². The molecule has 338 valence electrons. The Morgan fingerprint density at radius 2 is 1.24 bits per heavy atom. The van der Waals surface area contributed by atoms with Crippen LogP contribution in [-0.2, 0) is 41.5 Å². The van der Waals surface area contributed by atoms with Gasteiger partial charge in [-0.2, -0.15) is 0 Å². The number of aromatic nitrogens is 2. The van der Waals surface area contributed by atoms with Crippen molar-refractivity contribution in [2.24, 2.45) is 11.8 Å². The van der Waals surface area contributed by atoms with Crippen LogP contribution in [0.5, 0.6) is 0 Å². The molecule has 2 aliphatic rings. The number of fused-ring (bicyclic) bond motifs is 2. The molecule has 1 saturated heterocycles. The van der Waals surface area contributed by atoms with Gasteiger partial charge in [-0.1, -0.05) is 0 Å². The van der Waals surface area contributed by atoms with Gasteiger partial charge >= 0.3 is 0 Å². The van der Waals surface area contributed by atoms with Crippen molar-refractivity contribution in [3.63, 3.8) is 0 Å². The minimum atomic E-state index is -1.06. The van der Waals surface area contributed by atoms with Crippen LogP contribution in [0.3, 0.4) is 0 Å². The Morgan fingerprint density at radius 3 is 1.76 bits per heavy atom. The number of carbonyl (C=O) groups excluding carboxylic acids is 4. The Balaban J connectivity index is 1.42. The van der Waals surface area contributed by atoms with Crippen LogP contribution in [0.25, 0.3) is 33.2 Å². The van der Waals surface area contributed by atoms with Crippen molar-refractivity contribution in [3.05, 3.63) is 59.2 Å². The first-order chi connectivity index (χ1) is 29.5. The molecule has 2 aromatic carbocycles. The number of hydrogen-bond acceptors (Lipinski definition) is 10. The largest absolute Gasteiger partial charge is 0.393 e. The van der Waals surface area contributed by atoms with E-state index in [1.165, 1.54) is 38.5 Å². The number of carbonyl (C=O) groups is 4. The summed E-state index contributed by atoms with van der Waals surface area (Å²) in [6.45, 7) is 6.74. The number of nitrogens with zero attached hydrogens (tertiary/aromatic N) is 1. The number of Topliss-reactive ketones (excluding diaryl/α,β-unsaturated/α-hetero) is 1. The predicted molar refractivity (Wildman–Crippen MR) is 230 cm³/mol. The number of ketones is 1. The summed E-state index contributed by atoms with van der Waals surface area (Å²) in [6, 6.07) is 4.96. The van der Waals surface area contributed by atoms with Gasteiger partial charge in [-0.05, 0) is 127 Å². The van der Waals surface area contributed by atoms with E-state index in [0.29, 0.717) is 38.8 Å². The zero-order valence-corrected chi connectivity index (χ0v) is 36.6. The summed E-state index contributed by atoms with van der Waals surface area (Å²) in [5, 5.41) is 34.9. The van der Waals surface area contributed by atoms with E-state index in [1.54, 1.807) is 58.8 Å². The number of β-amino-alcohol motifs (C(OH)–C–C–N with tert-alkyl or cyclic N) is 1. The Hall–Kier alpha value is -4.78. The van der Waals surface area contributed by atoms with Crippen molar-refractivity contribution in [1.82, 2.24) is 36.1 Å². The first-order valence-electron chi connectivity index (χ1n) is 21.3. The second-order valence-corrected chi connectivity index (χ2v) is 17.0. The third-order valence-electron chi connectivity index (χ3n) is 13.1. The number of benzene rings is 2. The number of ether oxygens (including phenoxy) is 2. The lowest BCUT2D eigenvalue weighted by atomic mass is 9.82. The molecule has 1 aliphatic carbocycles. The lowest BCUT2D eigenvalue weighted by Gasteiger charge is -2.32.